The molecule has 0 radical (unpaired) electrons. The Balaban J connectivity index is 2.16. The average molecular weight is 363 g/mol. The number of aryl methyl sites for hydroxylation is 1. The third-order valence-corrected chi connectivity index (χ3v) is 4.88. The second-order valence-corrected chi connectivity index (χ2v) is 6.79. The van der Waals surface area contributed by atoms with Crippen molar-refractivity contribution < 1.29 is 4.79 Å². The maximum atomic E-state index is 12.8. The van der Waals surface area contributed by atoms with Gasteiger partial charge >= 0.3 is 5.69 Å². The molecule has 0 fully saturated rings. The molecule has 3 heterocycles. The van der Waals surface area contributed by atoms with E-state index in [1.165, 1.54) is 20.3 Å². The SMILES string of the molecule is CCCCn1c(=O)c2sccc2n2c(=O)n(CC(=O)NCCC)nc12. The van der Waals surface area contributed by atoms with Gasteiger partial charge in [0, 0.05) is 13.1 Å². The van der Waals surface area contributed by atoms with Crippen molar-refractivity contribution in [1.29, 1.82) is 0 Å². The molecule has 0 atom stereocenters. The van der Waals surface area contributed by atoms with Gasteiger partial charge in [-0.05, 0) is 24.3 Å². The molecule has 3 aromatic heterocycles. The molecule has 0 aliphatic rings. The number of amides is 1. The summed E-state index contributed by atoms with van der Waals surface area (Å²) in [6, 6.07) is 1.74. The van der Waals surface area contributed by atoms with Gasteiger partial charge in [-0.3, -0.25) is 14.2 Å². The molecule has 3 rings (SSSR count). The van der Waals surface area contributed by atoms with Crippen LogP contribution in [-0.4, -0.2) is 31.2 Å². The molecule has 8 nitrogen and oxygen atoms in total. The number of fused-ring (bicyclic) bond motifs is 3. The Bertz CT molecular complexity index is 1030. The number of rotatable bonds is 7. The molecule has 0 saturated carbocycles. The number of hydrogen-bond donors (Lipinski definition) is 1. The van der Waals surface area contributed by atoms with Crippen molar-refractivity contribution in [1.82, 2.24) is 24.1 Å². The predicted octanol–water partition coefficient (Wildman–Crippen LogP) is 1.20. The third-order valence-electron chi connectivity index (χ3n) is 3.99. The van der Waals surface area contributed by atoms with E-state index in [0.717, 1.165) is 23.9 Å². The molecule has 0 saturated heterocycles. The van der Waals surface area contributed by atoms with E-state index in [1.54, 1.807) is 11.4 Å². The molecule has 0 bridgehead atoms. The first-order valence-corrected chi connectivity index (χ1v) is 9.32. The number of nitrogens with zero attached hydrogens (tertiary/aromatic N) is 4. The molecule has 9 heteroatoms. The highest BCUT2D eigenvalue weighted by Crippen LogP contribution is 2.17. The van der Waals surface area contributed by atoms with Gasteiger partial charge in [0.2, 0.25) is 11.7 Å². The number of aromatic nitrogens is 4. The minimum absolute atomic E-state index is 0.140. The average Bonchev–Trinajstić information content (AvgIpc) is 3.19. The summed E-state index contributed by atoms with van der Waals surface area (Å²) in [6.45, 7) is 4.88. The lowest BCUT2D eigenvalue weighted by molar-refractivity contribution is -0.121. The zero-order valence-electron chi connectivity index (χ0n) is 14.3. The summed E-state index contributed by atoms with van der Waals surface area (Å²) in [5.74, 6) is 0.0222. The van der Waals surface area contributed by atoms with Gasteiger partial charge in [0.05, 0.1) is 5.52 Å². The van der Waals surface area contributed by atoms with Crippen LogP contribution in [0.25, 0.3) is 16.0 Å². The minimum atomic E-state index is -0.407. The fourth-order valence-corrected chi connectivity index (χ4v) is 3.54. The zero-order valence-corrected chi connectivity index (χ0v) is 15.1. The van der Waals surface area contributed by atoms with Gasteiger partial charge in [0.1, 0.15) is 11.2 Å². The van der Waals surface area contributed by atoms with Gasteiger partial charge in [-0.25, -0.2) is 13.9 Å². The number of nitrogens with one attached hydrogen (secondary N) is 1. The van der Waals surface area contributed by atoms with E-state index in [-0.39, 0.29) is 23.8 Å². The smallest absolute Gasteiger partial charge is 0.352 e. The van der Waals surface area contributed by atoms with Crippen LogP contribution in [0.5, 0.6) is 0 Å². The maximum Gasteiger partial charge on any atom is 0.352 e. The van der Waals surface area contributed by atoms with E-state index < -0.39 is 5.69 Å². The van der Waals surface area contributed by atoms with E-state index in [4.69, 9.17) is 0 Å². The Labute approximate surface area is 147 Å². The second-order valence-electron chi connectivity index (χ2n) is 5.87. The third kappa shape index (κ3) is 3.11. The van der Waals surface area contributed by atoms with Gasteiger partial charge in [-0.2, -0.15) is 0 Å². The Kier molecular flexibility index (Phi) is 5.03. The molecule has 134 valence electrons. The first-order valence-electron chi connectivity index (χ1n) is 8.44. The van der Waals surface area contributed by atoms with Crippen LogP contribution in [0.2, 0.25) is 0 Å². The van der Waals surface area contributed by atoms with Crippen molar-refractivity contribution >= 4 is 33.2 Å². The van der Waals surface area contributed by atoms with Crippen molar-refractivity contribution in [3.63, 3.8) is 0 Å². The topological polar surface area (TPSA) is 90.4 Å². The van der Waals surface area contributed by atoms with Gasteiger partial charge in [-0.15, -0.1) is 16.4 Å². The van der Waals surface area contributed by atoms with Crippen molar-refractivity contribution in [3.05, 3.63) is 32.3 Å². The molecule has 0 aromatic carbocycles. The zero-order chi connectivity index (χ0) is 18.0. The molecular weight excluding hydrogens is 342 g/mol. The minimum Gasteiger partial charge on any atom is -0.355 e. The highest BCUT2D eigenvalue weighted by atomic mass is 32.1. The molecule has 0 unspecified atom stereocenters. The number of carbonyl (C=O) groups is 1. The first kappa shape index (κ1) is 17.4. The van der Waals surface area contributed by atoms with Crippen LogP contribution in [0.3, 0.4) is 0 Å². The van der Waals surface area contributed by atoms with Gasteiger partial charge in [-0.1, -0.05) is 20.3 Å². The fourth-order valence-electron chi connectivity index (χ4n) is 2.71. The van der Waals surface area contributed by atoms with Crippen molar-refractivity contribution in [2.75, 3.05) is 6.54 Å². The van der Waals surface area contributed by atoms with Crippen LogP contribution in [0.4, 0.5) is 0 Å². The molecule has 0 aliphatic heterocycles. The van der Waals surface area contributed by atoms with E-state index in [9.17, 15) is 14.4 Å². The standard InChI is InChI=1S/C16H21N5O3S/c1-3-5-8-19-14(23)13-11(6-9-25-13)21-15(19)18-20(16(21)24)10-12(22)17-7-4-2/h6,9H,3-5,7-8,10H2,1-2H3,(H,17,22). The molecule has 0 aliphatic carbocycles. The van der Waals surface area contributed by atoms with Crippen LogP contribution in [0.15, 0.2) is 21.0 Å². The molecule has 1 N–H and O–H groups in total. The normalized spacial score (nSPS) is 11.4. The van der Waals surface area contributed by atoms with Crippen molar-refractivity contribution in [2.45, 2.75) is 46.2 Å². The van der Waals surface area contributed by atoms with Gasteiger partial charge in [0.15, 0.2) is 0 Å². The summed E-state index contributed by atoms with van der Waals surface area (Å²) in [7, 11) is 0. The lowest BCUT2D eigenvalue weighted by atomic mass is 10.3. The molecule has 0 spiro atoms. The van der Waals surface area contributed by atoms with E-state index in [2.05, 4.69) is 10.4 Å². The largest absolute Gasteiger partial charge is 0.355 e. The second kappa shape index (κ2) is 7.22. The molecule has 3 aromatic rings. The van der Waals surface area contributed by atoms with E-state index >= 15 is 0 Å². The summed E-state index contributed by atoms with van der Waals surface area (Å²) in [5.41, 5.74) is -0.00297. The first-order chi connectivity index (χ1) is 12.1. The Morgan fingerprint density at radius 1 is 1.28 bits per heavy atom. The fraction of sp³-hybridized carbons (Fsp3) is 0.500. The summed E-state index contributed by atoms with van der Waals surface area (Å²) in [4.78, 5) is 37.4. The lowest BCUT2D eigenvalue weighted by Crippen LogP contribution is -2.33. The van der Waals surface area contributed by atoms with Gasteiger partial charge in [0.25, 0.3) is 5.56 Å². The number of unbranched alkanes of at least 4 members (excludes halogenated alkanes) is 1. The number of hydrogen-bond acceptors (Lipinski definition) is 5. The lowest BCUT2D eigenvalue weighted by Gasteiger charge is -2.06. The van der Waals surface area contributed by atoms with Crippen molar-refractivity contribution in [2.24, 2.45) is 0 Å². The Hall–Kier alpha value is -2.42. The van der Waals surface area contributed by atoms with Crippen LogP contribution >= 0.6 is 11.3 Å². The monoisotopic (exact) mass is 363 g/mol. The summed E-state index contributed by atoms with van der Waals surface area (Å²) in [6.07, 6.45) is 2.55. The molecular formula is C16H21N5O3S. The highest BCUT2D eigenvalue weighted by molar-refractivity contribution is 7.17. The van der Waals surface area contributed by atoms with Crippen LogP contribution in [0.1, 0.15) is 33.1 Å². The summed E-state index contributed by atoms with van der Waals surface area (Å²) in [5, 5.41) is 8.79. The summed E-state index contributed by atoms with van der Waals surface area (Å²) >= 11 is 1.31. The van der Waals surface area contributed by atoms with Gasteiger partial charge < -0.3 is 5.32 Å². The Morgan fingerprint density at radius 2 is 2.08 bits per heavy atom. The van der Waals surface area contributed by atoms with Crippen LogP contribution in [-0.2, 0) is 17.9 Å². The number of thiophene rings is 1. The molecule has 1 amide bonds. The predicted molar refractivity (Wildman–Crippen MR) is 97.3 cm³/mol. The van der Waals surface area contributed by atoms with E-state index in [1.807, 2.05) is 13.8 Å². The Morgan fingerprint density at radius 3 is 2.80 bits per heavy atom. The molecule has 25 heavy (non-hydrogen) atoms. The maximum absolute atomic E-state index is 12.8. The van der Waals surface area contributed by atoms with Crippen molar-refractivity contribution in [3.8, 4) is 0 Å². The highest BCUT2D eigenvalue weighted by Gasteiger charge is 2.19. The van der Waals surface area contributed by atoms with Crippen LogP contribution < -0.4 is 16.6 Å². The van der Waals surface area contributed by atoms with E-state index in [0.29, 0.717) is 23.3 Å². The van der Waals surface area contributed by atoms with Crippen LogP contribution in [0, 0.1) is 0 Å². The summed E-state index contributed by atoms with van der Waals surface area (Å²) < 4.78 is 4.61. The quantitative estimate of drug-likeness (QED) is 0.683. The number of carbonyl (C=O) groups excluding carboxylic acids is 1.